The van der Waals surface area contributed by atoms with Crippen molar-refractivity contribution in [2.75, 3.05) is 0 Å². The molecule has 15 heavy (non-hydrogen) atoms. The van der Waals surface area contributed by atoms with E-state index >= 15 is 0 Å². The Kier molecular flexibility index (Phi) is 2.41. The van der Waals surface area contributed by atoms with Crippen molar-refractivity contribution in [1.29, 1.82) is 0 Å². The summed E-state index contributed by atoms with van der Waals surface area (Å²) < 4.78 is 0. The number of benzene rings is 1. The molecular formula is C11H11NO3. The molecule has 0 spiro atoms. The lowest BCUT2D eigenvalue weighted by atomic mass is 9.89. The predicted molar refractivity (Wildman–Crippen MR) is 54.7 cm³/mol. The molecule has 0 bridgehead atoms. The van der Waals surface area contributed by atoms with E-state index in [-0.39, 0.29) is 5.56 Å². The molecule has 4 heteroatoms. The number of aryl methyl sites for hydroxylation is 1. The highest BCUT2D eigenvalue weighted by Crippen LogP contribution is 2.22. The summed E-state index contributed by atoms with van der Waals surface area (Å²) in [5.41, 5.74) is 2.64. The fourth-order valence-corrected chi connectivity index (χ4v) is 1.88. The molecular weight excluding hydrogens is 194 g/mol. The predicted octanol–water partition coefficient (Wildman–Crippen LogP) is 1.90. The average molecular weight is 205 g/mol. The van der Waals surface area contributed by atoms with Crippen LogP contribution in [0.5, 0.6) is 0 Å². The lowest BCUT2D eigenvalue weighted by molar-refractivity contribution is 0.0697. The van der Waals surface area contributed by atoms with Gasteiger partial charge in [-0.2, -0.15) is 0 Å². The third kappa shape index (κ3) is 1.70. The van der Waals surface area contributed by atoms with Gasteiger partial charge in [0.15, 0.2) is 0 Å². The second-order valence-electron chi connectivity index (χ2n) is 3.58. The Morgan fingerprint density at radius 3 is 2.80 bits per heavy atom. The van der Waals surface area contributed by atoms with Gasteiger partial charge in [-0.05, 0) is 37.0 Å². The number of carboxylic acids is 1. The Hall–Kier alpha value is -1.84. The summed E-state index contributed by atoms with van der Waals surface area (Å²) in [5, 5.41) is 20.9. The average Bonchev–Trinajstić information content (AvgIpc) is 2.27. The van der Waals surface area contributed by atoms with Gasteiger partial charge in [0.1, 0.15) is 0 Å². The number of oxime groups is 1. The van der Waals surface area contributed by atoms with Crippen molar-refractivity contribution in [3.63, 3.8) is 0 Å². The molecule has 0 saturated heterocycles. The van der Waals surface area contributed by atoms with Crippen molar-refractivity contribution < 1.29 is 15.1 Å². The zero-order valence-corrected chi connectivity index (χ0v) is 8.10. The van der Waals surface area contributed by atoms with Crippen molar-refractivity contribution >= 4 is 11.7 Å². The van der Waals surface area contributed by atoms with Crippen molar-refractivity contribution in [3.05, 3.63) is 34.9 Å². The first-order valence-corrected chi connectivity index (χ1v) is 4.80. The van der Waals surface area contributed by atoms with Gasteiger partial charge in [-0.25, -0.2) is 4.79 Å². The van der Waals surface area contributed by atoms with E-state index in [9.17, 15) is 4.79 Å². The van der Waals surface area contributed by atoms with Gasteiger partial charge in [-0.3, -0.25) is 0 Å². The fraction of sp³-hybridized carbons (Fsp3) is 0.273. The summed E-state index contributed by atoms with van der Waals surface area (Å²) in [6.45, 7) is 0. The molecule has 2 N–H and O–H groups in total. The normalized spacial score (nSPS) is 17.5. The minimum absolute atomic E-state index is 0.233. The standard InChI is InChI=1S/C11H11NO3/c13-11(14)8-5-4-7-2-1-3-10(12-15)9(7)6-8/h4-6,15H,1-3H2,(H,13,14). The molecule has 0 atom stereocenters. The van der Waals surface area contributed by atoms with Gasteiger partial charge in [0.05, 0.1) is 11.3 Å². The fourth-order valence-electron chi connectivity index (χ4n) is 1.88. The smallest absolute Gasteiger partial charge is 0.335 e. The highest BCUT2D eigenvalue weighted by molar-refractivity contribution is 6.04. The number of hydrogen-bond donors (Lipinski definition) is 2. The van der Waals surface area contributed by atoms with Crippen LogP contribution in [-0.4, -0.2) is 22.0 Å². The van der Waals surface area contributed by atoms with Crippen molar-refractivity contribution in [2.24, 2.45) is 5.16 Å². The Bertz CT molecular complexity index is 437. The Balaban J connectivity index is 2.53. The molecule has 0 unspecified atom stereocenters. The molecule has 2 rings (SSSR count). The molecule has 1 aromatic carbocycles. The Morgan fingerprint density at radius 1 is 1.33 bits per heavy atom. The maximum atomic E-state index is 10.8. The van der Waals surface area contributed by atoms with E-state index in [0.717, 1.165) is 24.0 Å². The van der Waals surface area contributed by atoms with E-state index in [1.54, 1.807) is 18.2 Å². The molecule has 0 aliphatic heterocycles. The van der Waals surface area contributed by atoms with E-state index in [0.29, 0.717) is 12.1 Å². The molecule has 0 aromatic heterocycles. The molecule has 0 saturated carbocycles. The maximum Gasteiger partial charge on any atom is 0.335 e. The van der Waals surface area contributed by atoms with Gasteiger partial charge in [0.2, 0.25) is 0 Å². The topological polar surface area (TPSA) is 69.9 Å². The van der Waals surface area contributed by atoms with Crippen LogP contribution in [-0.2, 0) is 6.42 Å². The monoisotopic (exact) mass is 205 g/mol. The van der Waals surface area contributed by atoms with Crippen LogP contribution in [0.2, 0.25) is 0 Å². The summed E-state index contributed by atoms with van der Waals surface area (Å²) in [6.07, 6.45) is 2.56. The highest BCUT2D eigenvalue weighted by Gasteiger charge is 2.17. The second kappa shape index (κ2) is 3.73. The van der Waals surface area contributed by atoms with Crippen LogP contribution in [0.1, 0.15) is 34.3 Å². The van der Waals surface area contributed by atoms with Gasteiger partial charge in [0, 0.05) is 5.56 Å². The zero-order chi connectivity index (χ0) is 10.8. The lowest BCUT2D eigenvalue weighted by Crippen LogP contribution is -2.13. The van der Waals surface area contributed by atoms with Crippen LogP contribution < -0.4 is 0 Å². The Morgan fingerprint density at radius 2 is 2.13 bits per heavy atom. The van der Waals surface area contributed by atoms with Gasteiger partial charge < -0.3 is 10.3 Å². The first kappa shape index (κ1) is 9.71. The first-order valence-electron chi connectivity index (χ1n) is 4.80. The van der Waals surface area contributed by atoms with E-state index in [2.05, 4.69) is 5.16 Å². The van der Waals surface area contributed by atoms with E-state index in [1.807, 2.05) is 0 Å². The molecule has 0 amide bonds. The van der Waals surface area contributed by atoms with E-state index < -0.39 is 5.97 Å². The SMILES string of the molecule is O=C(O)c1ccc2c(c1)C(=NO)CCC2. The van der Waals surface area contributed by atoms with Gasteiger partial charge in [-0.1, -0.05) is 11.2 Å². The van der Waals surface area contributed by atoms with Crippen LogP contribution in [0, 0.1) is 0 Å². The molecule has 1 aliphatic carbocycles. The molecule has 4 nitrogen and oxygen atoms in total. The summed E-state index contributed by atoms with van der Waals surface area (Å²) in [4.78, 5) is 10.8. The minimum atomic E-state index is -0.958. The van der Waals surface area contributed by atoms with Crippen LogP contribution in [0.15, 0.2) is 23.4 Å². The molecule has 0 heterocycles. The van der Waals surface area contributed by atoms with E-state index in [1.165, 1.54) is 0 Å². The maximum absolute atomic E-state index is 10.8. The number of rotatable bonds is 1. The van der Waals surface area contributed by atoms with Crippen LogP contribution in [0.4, 0.5) is 0 Å². The number of hydrogen-bond acceptors (Lipinski definition) is 3. The summed E-state index contributed by atoms with van der Waals surface area (Å²) in [5.74, 6) is -0.958. The van der Waals surface area contributed by atoms with Gasteiger partial charge in [0.25, 0.3) is 0 Å². The third-order valence-electron chi connectivity index (χ3n) is 2.65. The first-order chi connectivity index (χ1) is 7.22. The number of carbonyl (C=O) groups is 1. The van der Waals surface area contributed by atoms with Crippen molar-refractivity contribution in [1.82, 2.24) is 0 Å². The summed E-state index contributed by atoms with van der Waals surface area (Å²) in [6, 6.07) is 4.95. The Labute approximate surface area is 86.8 Å². The summed E-state index contributed by atoms with van der Waals surface area (Å²) in [7, 11) is 0. The number of nitrogens with zero attached hydrogens (tertiary/aromatic N) is 1. The van der Waals surface area contributed by atoms with Crippen LogP contribution >= 0.6 is 0 Å². The van der Waals surface area contributed by atoms with Crippen molar-refractivity contribution in [3.8, 4) is 0 Å². The quantitative estimate of drug-likeness (QED) is 0.543. The molecule has 1 aromatic rings. The molecule has 0 fully saturated rings. The second-order valence-corrected chi connectivity index (χ2v) is 3.58. The number of fused-ring (bicyclic) bond motifs is 1. The van der Waals surface area contributed by atoms with Crippen molar-refractivity contribution in [2.45, 2.75) is 19.3 Å². The largest absolute Gasteiger partial charge is 0.478 e. The van der Waals surface area contributed by atoms with E-state index in [4.69, 9.17) is 10.3 Å². The van der Waals surface area contributed by atoms with Crippen LogP contribution in [0.25, 0.3) is 0 Å². The zero-order valence-electron chi connectivity index (χ0n) is 8.10. The van der Waals surface area contributed by atoms with Gasteiger partial charge >= 0.3 is 5.97 Å². The number of carboxylic acid groups (broad SMARTS) is 1. The van der Waals surface area contributed by atoms with Crippen LogP contribution in [0.3, 0.4) is 0 Å². The minimum Gasteiger partial charge on any atom is -0.478 e. The highest BCUT2D eigenvalue weighted by atomic mass is 16.4. The molecule has 78 valence electrons. The third-order valence-corrected chi connectivity index (χ3v) is 2.65. The van der Waals surface area contributed by atoms with Gasteiger partial charge in [-0.15, -0.1) is 0 Å². The number of aromatic carboxylic acids is 1. The summed E-state index contributed by atoms with van der Waals surface area (Å²) >= 11 is 0. The molecule has 0 radical (unpaired) electrons. The lowest BCUT2D eigenvalue weighted by Gasteiger charge is -2.16. The molecule has 1 aliphatic rings.